The third-order valence-electron chi connectivity index (χ3n) is 3.36. The van der Waals surface area contributed by atoms with Crippen molar-refractivity contribution in [2.45, 2.75) is 12.8 Å². The second-order valence-electron chi connectivity index (χ2n) is 4.65. The summed E-state index contributed by atoms with van der Waals surface area (Å²) in [5.41, 5.74) is 3.62. The van der Waals surface area contributed by atoms with Crippen LogP contribution < -0.4 is 5.32 Å². The molecule has 2 aromatic rings. The predicted octanol–water partition coefficient (Wildman–Crippen LogP) is 4.64. The lowest BCUT2D eigenvalue weighted by Crippen LogP contribution is -2.11. The van der Waals surface area contributed by atoms with Crippen molar-refractivity contribution in [3.05, 3.63) is 52.6 Å². The summed E-state index contributed by atoms with van der Waals surface area (Å²) in [4.78, 5) is 0. The summed E-state index contributed by atoms with van der Waals surface area (Å²) in [5, 5.41) is 3.53. The summed E-state index contributed by atoms with van der Waals surface area (Å²) < 4.78 is 26.4. The lowest BCUT2D eigenvalue weighted by Gasteiger charge is -2.19. The Morgan fingerprint density at radius 2 is 1.84 bits per heavy atom. The number of hydrogen-bond acceptors (Lipinski definition) is 1. The molecule has 0 unspecified atom stereocenters. The van der Waals surface area contributed by atoms with Gasteiger partial charge in [-0.25, -0.2) is 8.78 Å². The minimum Gasteiger partial charge on any atom is -0.385 e. The van der Waals surface area contributed by atoms with Crippen LogP contribution in [0.4, 0.5) is 14.5 Å². The molecule has 1 heterocycles. The van der Waals surface area contributed by atoms with Crippen LogP contribution >= 0.6 is 11.6 Å². The SMILES string of the molecule is Fc1cc(Cl)c(-c2ccc3c(c2)CCCN3)cc1F. The van der Waals surface area contributed by atoms with Crippen molar-refractivity contribution in [3.8, 4) is 11.1 Å². The molecule has 1 nitrogen and oxygen atoms in total. The predicted molar refractivity (Wildman–Crippen MR) is 73.6 cm³/mol. The molecule has 0 radical (unpaired) electrons. The molecule has 98 valence electrons. The molecule has 0 aliphatic carbocycles. The van der Waals surface area contributed by atoms with E-state index in [1.165, 1.54) is 5.56 Å². The molecule has 0 bridgehead atoms. The van der Waals surface area contributed by atoms with Crippen LogP contribution in [0.3, 0.4) is 0 Å². The summed E-state index contributed by atoms with van der Waals surface area (Å²) in [5.74, 6) is -1.80. The van der Waals surface area contributed by atoms with Crippen LogP contribution in [-0.4, -0.2) is 6.54 Å². The van der Waals surface area contributed by atoms with Gasteiger partial charge in [-0.1, -0.05) is 17.7 Å². The van der Waals surface area contributed by atoms with Crippen LogP contribution in [0.2, 0.25) is 5.02 Å². The summed E-state index contributed by atoms with van der Waals surface area (Å²) in [6.07, 6.45) is 2.05. The van der Waals surface area contributed by atoms with E-state index < -0.39 is 11.6 Å². The third-order valence-corrected chi connectivity index (χ3v) is 3.68. The van der Waals surface area contributed by atoms with Crippen molar-refractivity contribution in [3.63, 3.8) is 0 Å². The van der Waals surface area contributed by atoms with Crippen molar-refractivity contribution < 1.29 is 8.78 Å². The smallest absolute Gasteiger partial charge is 0.160 e. The van der Waals surface area contributed by atoms with Gasteiger partial charge >= 0.3 is 0 Å². The number of hydrogen-bond donors (Lipinski definition) is 1. The Kier molecular flexibility index (Phi) is 3.15. The van der Waals surface area contributed by atoms with Gasteiger partial charge in [-0.2, -0.15) is 0 Å². The summed E-state index contributed by atoms with van der Waals surface area (Å²) in [7, 11) is 0. The molecule has 3 rings (SSSR count). The first-order valence-electron chi connectivity index (χ1n) is 6.17. The first-order valence-corrected chi connectivity index (χ1v) is 6.54. The van der Waals surface area contributed by atoms with E-state index in [1.54, 1.807) is 0 Å². The van der Waals surface area contributed by atoms with Gasteiger partial charge in [-0.15, -0.1) is 0 Å². The highest BCUT2D eigenvalue weighted by Gasteiger charge is 2.13. The van der Waals surface area contributed by atoms with E-state index in [9.17, 15) is 8.78 Å². The van der Waals surface area contributed by atoms with Crippen molar-refractivity contribution in [2.24, 2.45) is 0 Å². The van der Waals surface area contributed by atoms with Gasteiger partial charge in [0.15, 0.2) is 11.6 Å². The highest BCUT2D eigenvalue weighted by atomic mass is 35.5. The largest absolute Gasteiger partial charge is 0.385 e. The molecule has 1 N–H and O–H groups in total. The van der Waals surface area contributed by atoms with E-state index in [0.717, 1.165) is 42.8 Å². The number of benzene rings is 2. The Labute approximate surface area is 115 Å². The normalized spacial score (nSPS) is 13.8. The van der Waals surface area contributed by atoms with Crippen molar-refractivity contribution >= 4 is 17.3 Å². The average Bonchev–Trinajstić information content (AvgIpc) is 2.42. The third kappa shape index (κ3) is 2.30. The molecule has 4 heteroatoms. The second-order valence-corrected chi connectivity index (χ2v) is 5.06. The zero-order chi connectivity index (χ0) is 13.4. The zero-order valence-corrected chi connectivity index (χ0v) is 10.9. The molecule has 0 amide bonds. The van der Waals surface area contributed by atoms with E-state index in [4.69, 9.17) is 11.6 Å². The van der Waals surface area contributed by atoms with Gasteiger partial charge in [-0.05, 0) is 48.2 Å². The standard InChI is InChI=1S/C15H12ClF2N/c16-12-8-14(18)13(17)7-11(12)9-3-4-15-10(6-9)2-1-5-19-15/h3-4,6-8,19H,1-2,5H2. The van der Waals surface area contributed by atoms with E-state index in [1.807, 2.05) is 18.2 Å². The molecule has 19 heavy (non-hydrogen) atoms. The van der Waals surface area contributed by atoms with E-state index in [2.05, 4.69) is 5.32 Å². The van der Waals surface area contributed by atoms with Crippen molar-refractivity contribution in [1.82, 2.24) is 0 Å². The molecule has 0 aromatic heterocycles. The molecule has 0 atom stereocenters. The van der Waals surface area contributed by atoms with Crippen molar-refractivity contribution in [1.29, 1.82) is 0 Å². The Balaban J connectivity index is 2.09. The number of aryl methyl sites for hydroxylation is 1. The molecular formula is C15H12ClF2N. The first kappa shape index (κ1) is 12.4. The van der Waals surface area contributed by atoms with Gasteiger partial charge in [-0.3, -0.25) is 0 Å². The quantitative estimate of drug-likeness (QED) is 0.750. The van der Waals surface area contributed by atoms with Crippen LogP contribution in [0.5, 0.6) is 0 Å². The molecule has 0 saturated carbocycles. The summed E-state index contributed by atoms with van der Waals surface area (Å²) >= 11 is 6.00. The highest BCUT2D eigenvalue weighted by molar-refractivity contribution is 6.33. The van der Waals surface area contributed by atoms with E-state index in [0.29, 0.717) is 5.56 Å². The molecule has 2 aromatic carbocycles. The number of fused-ring (bicyclic) bond motifs is 1. The van der Waals surface area contributed by atoms with Crippen LogP contribution in [0.15, 0.2) is 30.3 Å². The Morgan fingerprint density at radius 1 is 1.05 bits per heavy atom. The van der Waals surface area contributed by atoms with Crippen molar-refractivity contribution in [2.75, 3.05) is 11.9 Å². The molecular weight excluding hydrogens is 268 g/mol. The van der Waals surface area contributed by atoms with Gasteiger partial charge in [0.05, 0.1) is 5.02 Å². The summed E-state index contributed by atoms with van der Waals surface area (Å²) in [6, 6.07) is 7.98. The van der Waals surface area contributed by atoms with Gasteiger partial charge < -0.3 is 5.32 Å². The second kappa shape index (κ2) is 4.82. The average molecular weight is 280 g/mol. The lowest BCUT2D eigenvalue weighted by atomic mass is 9.97. The Hall–Kier alpha value is -1.61. The minimum absolute atomic E-state index is 0.225. The number of nitrogens with one attached hydrogen (secondary N) is 1. The maximum Gasteiger partial charge on any atom is 0.160 e. The number of rotatable bonds is 1. The zero-order valence-electron chi connectivity index (χ0n) is 10.1. The first-order chi connectivity index (χ1) is 9.15. The van der Waals surface area contributed by atoms with Gasteiger partial charge in [0.1, 0.15) is 0 Å². The van der Waals surface area contributed by atoms with Crippen LogP contribution in [0.1, 0.15) is 12.0 Å². The number of anilines is 1. The maximum atomic E-state index is 13.3. The minimum atomic E-state index is -0.923. The fraction of sp³-hybridized carbons (Fsp3) is 0.200. The number of halogens is 3. The fourth-order valence-corrected chi connectivity index (χ4v) is 2.65. The Morgan fingerprint density at radius 3 is 2.68 bits per heavy atom. The summed E-state index contributed by atoms with van der Waals surface area (Å²) in [6.45, 7) is 0.971. The maximum absolute atomic E-state index is 13.3. The molecule has 0 saturated heterocycles. The monoisotopic (exact) mass is 279 g/mol. The van der Waals surface area contributed by atoms with E-state index in [-0.39, 0.29) is 5.02 Å². The van der Waals surface area contributed by atoms with Crippen LogP contribution in [0.25, 0.3) is 11.1 Å². The Bertz CT molecular complexity index is 640. The van der Waals surface area contributed by atoms with Gasteiger partial charge in [0.25, 0.3) is 0 Å². The van der Waals surface area contributed by atoms with Crippen LogP contribution in [-0.2, 0) is 6.42 Å². The molecule has 1 aliphatic heterocycles. The van der Waals surface area contributed by atoms with Gasteiger partial charge in [0, 0.05) is 17.8 Å². The van der Waals surface area contributed by atoms with Gasteiger partial charge in [0.2, 0.25) is 0 Å². The highest BCUT2D eigenvalue weighted by Crippen LogP contribution is 2.33. The fourth-order valence-electron chi connectivity index (χ4n) is 2.39. The van der Waals surface area contributed by atoms with Crippen LogP contribution in [0, 0.1) is 11.6 Å². The lowest BCUT2D eigenvalue weighted by molar-refractivity contribution is 0.509. The van der Waals surface area contributed by atoms with E-state index >= 15 is 0 Å². The molecule has 0 fully saturated rings. The molecule has 0 spiro atoms. The topological polar surface area (TPSA) is 12.0 Å². The molecule has 1 aliphatic rings.